The van der Waals surface area contributed by atoms with E-state index in [1.165, 1.54) is 0 Å². The predicted molar refractivity (Wildman–Crippen MR) is 79.3 cm³/mol. The van der Waals surface area contributed by atoms with Gasteiger partial charge in [-0.25, -0.2) is 0 Å². The van der Waals surface area contributed by atoms with Crippen LogP contribution in [0.5, 0.6) is 0 Å². The second-order valence-corrected chi connectivity index (χ2v) is 8.35. The molecule has 2 aliphatic heterocycles. The molecule has 0 aliphatic carbocycles. The molecule has 0 aromatic carbocycles. The van der Waals surface area contributed by atoms with Crippen molar-refractivity contribution in [3.63, 3.8) is 0 Å². The van der Waals surface area contributed by atoms with Crippen molar-refractivity contribution < 1.29 is 9.59 Å². The van der Waals surface area contributed by atoms with Crippen LogP contribution in [-0.4, -0.2) is 42.3 Å². The molecule has 20 heavy (non-hydrogen) atoms. The average Bonchev–Trinajstić information content (AvgIpc) is 2.83. The van der Waals surface area contributed by atoms with E-state index in [9.17, 15) is 9.59 Å². The van der Waals surface area contributed by atoms with Gasteiger partial charge in [-0.05, 0) is 5.92 Å². The lowest BCUT2D eigenvalue weighted by Crippen LogP contribution is -2.51. The number of nitrogens with zero attached hydrogens (tertiary/aromatic N) is 1. The third-order valence-corrected chi connectivity index (χ3v) is 4.47. The Bertz CT molecular complexity index is 417. The van der Waals surface area contributed by atoms with E-state index < -0.39 is 10.8 Å². The monoisotopic (exact) mass is 280 g/mol. The zero-order valence-electron chi connectivity index (χ0n) is 13.6. The minimum atomic E-state index is -0.428. The Morgan fingerprint density at radius 2 is 1.60 bits per heavy atom. The van der Waals surface area contributed by atoms with E-state index in [0.717, 1.165) is 19.6 Å². The van der Waals surface area contributed by atoms with Gasteiger partial charge in [-0.3, -0.25) is 9.59 Å². The Morgan fingerprint density at radius 1 is 1.00 bits per heavy atom. The molecular weight excluding hydrogens is 252 g/mol. The van der Waals surface area contributed by atoms with E-state index in [2.05, 4.69) is 5.32 Å². The molecular formula is C16H28N2O2. The molecule has 0 aromatic heterocycles. The van der Waals surface area contributed by atoms with Gasteiger partial charge in [0.25, 0.3) is 0 Å². The summed E-state index contributed by atoms with van der Waals surface area (Å²) in [5.74, 6) is 1.02. The van der Waals surface area contributed by atoms with E-state index >= 15 is 0 Å². The molecule has 0 spiro atoms. The first-order chi connectivity index (χ1) is 9.03. The molecule has 2 rings (SSSR count). The molecule has 1 N–H and O–H groups in total. The van der Waals surface area contributed by atoms with E-state index in [0.29, 0.717) is 5.92 Å². The minimum Gasteiger partial charge on any atom is -0.331 e. The van der Waals surface area contributed by atoms with Crippen LogP contribution in [0, 0.1) is 22.7 Å². The molecule has 3 unspecified atom stereocenters. The zero-order chi connectivity index (χ0) is 15.3. The summed E-state index contributed by atoms with van der Waals surface area (Å²) in [6.45, 7) is 14.1. The highest BCUT2D eigenvalue weighted by molar-refractivity contribution is 5.94. The molecule has 2 aliphatic rings. The van der Waals surface area contributed by atoms with Crippen molar-refractivity contribution >= 4 is 11.7 Å². The van der Waals surface area contributed by atoms with Crippen molar-refractivity contribution in [3.05, 3.63) is 0 Å². The van der Waals surface area contributed by atoms with Crippen molar-refractivity contribution in [2.75, 3.05) is 19.6 Å². The highest BCUT2D eigenvalue weighted by Crippen LogP contribution is 2.38. The van der Waals surface area contributed by atoms with Crippen molar-refractivity contribution in [2.24, 2.45) is 22.7 Å². The number of likely N-dealkylation sites (tertiary alicyclic amines) is 1. The van der Waals surface area contributed by atoms with Gasteiger partial charge >= 0.3 is 0 Å². The molecule has 4 nitrogen and oxygen atoms in total. The first-order valence-corrected chi connectivity index (χ1v) is 7.59. The number of nitrogens with one attached hydrogen (secondary N) is 1. The van der Waals surface area contributed by atoms with Crippen LogP contribution in [0.15, 0.2) is 0 Å². The number of carbonyl (C=O) groups is 2. The van der Waals surface area contributed by atoms with Crippen LogP contribution >= 0.6 is 0 Å². The maximum atomic E-state index is 12.8. The van der Waals surface area contributed by atoms with Gasteiger partial charge < -0.3 is 10.2 Å². The number of amides is 1. The van der Waals surface area contributed by atoms with Gasteiger partial charge in [-0.2, -0.15) is 0 Å². The van der Waals surface area contributed by atoms with Crippen LogP contribution in [0.4, 0.5) is 0 Å². The highest BCUT2D eigenvalue weighted by Gasteiger charge is 2.52. The summed E-state index contributed by atoms with van der Waals surface area (Å²) in [4.78, 5) is 27.4. The third-order valence-electron chi connectivity index (χ3n) is 4.47. The second kappa shape index (κ2) is 4.83. The summed E-state index contributed by atoms with van der Waals surface area (Å²) in [6, 6.07) is -0.248. The van der Waals surface area contributed by atoms with E-state index in [1.807, 2.05) is 46.4 Å². The smallest absolute Gasteiger partial charge is 0.228 e. The third kappa shape index (κ3) is 2.62. The van der Waals surface area contributed by atoms with Crippen molar-refractivity contribution in [2.45, 2.75) is 47.6 Å². The Balaban J connectivity index is 2.31. The van der Waals surface area contributed by atoms with Crippen LogP contribution in [0.3, 0.4) is 0 Å². The van der Waals surface area contributed by atoms with Crippen LogP contribution in [0.1, 0.15) is 41.5 Å². The SMILES string of the molecule is CC(C)(C)C(=O)C1C2CNCC2CN1C(=O)C(C)(C)C. The van der Waals surface area contributed by atoms with Crippen LogP contribution < -0.4 is 5.32 Å². The molecule has 0 saturated carbocycles. The molecule has 2 saturated heterocycles. The van der Waals surface area contributed by atoms with Gasteiger partial charge in [0, 0.05) is 36.4 Å². The molecule has 2 heterocycles. The lowest BCUT2D eigenvalue weighted by Gasteiger charge is -2.35. The summed E-state index contributed by atoms with van der Waals surface area (Å²) < 4.78 is 0. The number of hydrogen-bond donors (Lipinski definition) is 1. The number of hydrogen-bond acceptors (Lipinski definition) is 3. The molecule has 0 radical (unpaired) electrons. The Labute approximate surface area is 122 Å². The molecule has 3 atom stereocenters. The van der Waals surface area contributed by atoms with Gasteiger partial charge in [0.15, 0.2) is 5.78 Å². The standard InChI is InChI=1S/C16H28N2O2/c1-15(2,3)13(19)12-11-8-17-7-10(11)9-18(12)14(20)16(4,5)6/h10-12,17H,7-9H2,1-6H3. The van der Waals surface area contributed by atoms with Gasteiger partial charge in [-0.15, -0.1) is 0 Å². The van der Waals surface area contributed by atoms with Gasteiger partial charge in [0.1, 0.15) is 0 Å². The number of ketones is 1. The predicted octanol–water partition coefficient (Wildman–Crippen LogP) is 1.69. The van der Waals surface area contributed by atoms with Crippen LogP contribution in [-0.2, 0) is 9.59 Å². The largest absolute Gasteiger partial charge is 0.331 e. The lowest BCUT2D eigenvalue weighted by atomic mass is 9.80. The lowest BCUT2D eigenvalue weighted by molar-refractivity contribution is -0.147. The van der Waals surface area contributed by atoms with Gasteiger partial charge in [0.05, 0.1) is 6.04 Å². The summed E-state index contributed by atoms with van der Waals surface area (Å²) >= 11 is 0. The van der Waals surface area contributed by atoms with Crippen molar-refractivity contribution in [3.8, 4) is 0 Å². The summed E-state index contributed by atoms with van der Waals surface area (Å²) in [5.41, 5.74) is -0.832. The molecule has 0 bridgehead atoms. The van der Waals surface area contributed by atoms with Crippen LogP contribution in [0.25, 0.3) is 0 Å². The summed E-state index contributed by atoms with van der Waals surface area (Å²) in [7, 11) is 0. The molecule has 2 fully saturated rings. The van der Waals surface area contributed by atoms with Crippen LogP contribution in [0.2, 0.25) is 0 Å². The fourth-order valence-electron chi connectivity index (χ4n) is 3.34. The Morgan fingerprint density at radius 3 is 2.10 bits per heavy atom. The fraction of sp³-hybridized carbons (Fsp3) is 0.875. The maximum absolute atomic E-state index is 12.8. The first kappa shape index (κ1) is 15.5. The molecule has 114 valence electrons. The van der Waals surface area contributed by atoms with E-state index in [4.69, 9.17) is 0 Å². The van der Waals surface area contributed by atoms with Crippen molar-refractivity contribution in [1.29, 1.82) is 0 Å². The number of rotatable bonds is 1. The minimum absolute atomic E-state index is 0.106. The van der Waals surface area contributed by atoms with Gasteiger partial charge in [0.2, 0.25) is 5.91 Å². The average molecular weight is 280 g/mol. The highest BCUT2D eigenvalue weighted by atomic mass is 16.2. The zero-order valence-corrected chi connectivity index (χ0v) is 13.6. The Hall–Kier alpha value is -0.900. The van der Waals surface area contributed by atoms with Gasteiger partial charge in [-0.1, -0.05) is 41.5 Å². The van der Waals surface area contributed by atoms with E-state index in [-0.39, 0.29) is 23.7 Å². The Kier molecular flexibility index (Phi) is 3.74. The summed E-state index contributed by atoms with van der Waals surface area (Å²) in [6.07, 6.45) is 0. The molecule has 0 aromatic rings. The topological polar surface area (TPSA) is 49.4 Å². The quantitative estimate of drug-likeness (QED) is 0.795. The normalized spacial score (nSPS) is 30.5. The fourth-order valence-corrected chi connectivity index (χ4v) is 3.34. The number of fused-ring (bicyclic) bond motifs is 1. The second-order valence-electron chi connectivity index (χ2n) is 8.35. The first-order valence-electron chi connectivity index (χ1n) is 7.59. The number of Topliss-reactive ketones (excluding diaryl/α,β-unsaturated/α-hetero) is 1. The number of carbonyl (C=O) groups excluding carboxylic acids is 2. The van der Waals surface area contributed by atoms with Crippen molar-refractivity contribution in [1.82, 2.24) is 10.2 Å². The molecule has 1 amide bonds. The molecule has 4 heteroatoms. The summed E-state index contributed by atoms with van der Waals surface area (Å²) in [5, 5.41) is 3.37. The maximum Gasteiger partial charge on any atom is 0.228 e. The van der Waals surface area contributed by atoms with E-state index in [1.54, 1.807) is 0 Å².